The Bertz CT molecular complexity index is 1200. The molecule has 8 heteroatoms. The van der Waals surface area contributed by atoms with Crippen LogP contribution in [0.5, 0.6) is 5.75 Å². The molecule has 2 atom stereocenters. The Hall–Kier alpha value is -3.23. The number of fused-ring (bicyclic) bond motifs is 1. The highest BCUT2D eigenvalue weighted by molar-refractivity contribution is 7.10. The number of hydrogen-bond donors (Lipinski definition) is 0. The van der Waals surface area contributed by atoms with Gasteiger partial charge in [0.1, 0.15) is 24.7 Å². The molecule has 2 amide bonds. The van der Waals surface area contributed by atoms with Crippen molar-refractivity contribution in [2.24, 2.45) is 0 Å². The van der Waals surface area contributed by atoms with Crippen molar-refractivity contribution in [1.29, 1.82) is 0 Å². The van der Waals surface area contributed by atoms with Crippen LogP contribution in [-0.4, -0.2) is 60.6 Å². The second-order valence-electron chi connectivity index (χ2n) is 9.11. The summed E-state index contributed by atoms with van der Waals surface area (Å²) >= 11 is 1.69. The van der Waals surface area contributed by atoms with Gasteiger partial charge in [-0.25, -0.2) is 4.39 Å². The molecule has 1 fully saturated rings. The number of ether oxygens (including phenoxy) is 2. The van der Waals surface area contributed by atoms with Gasteiger partial charge in [-0.15, -0.1) is 11.3 Å². The second-order valence-corrected chi connectivity index (χ2v) is 10.1. The molecular weight excluding hydrogens is 479 g/mol. The zero-order valence-corrected chi connectivity index (χ0v) is 20.8. The summed E-state index contributed by atoms with van der Waals surface area (Å²) in [5, 5.41) is 2.05. The van der Waals surface area contributed by atoms with Crippen LogP contribution in [0, 0.1) is 5.82 Å². The van der Waals surface area contributed by atoms with Gasteiger partial charge in [-0.05, 0) is 66.6 Å². The molecule has 36 heavy (non-hydrogen) atoms. The number of thiophene rings is 1. The van der Waals surface area contributed by atoms with E-state index in [0.717, 1.165) is 30.6 Å². The first-order chi connectivity index (χ1) is 17.6. The van der Waals surface area contributed by atoms with E-state index in [4.69, 9.17) is 9.47 Å². The number of benzene rings is 2. The molecule has 1 saturated heterocycles. The molecule has 0 saturated carbocycles. The first kappa shape index (κ1) is 24.5. The Kier molecular flexibility index (Phi) is 7.63. The third kappa shape index (κ3) is 5.60. The zero-order chi connectivity index (χ0) is 24.9. The van der Waals surface area contributed by atoms with Gasteiger partial charge in [0.05, 0.1) is 12.1 Å². The maximum absolute atomic E-state index is 13.9. The lowest BCUT2D eigenvalue weighted by atomic mass is 10.00. The summed E-state index contributed by atoms with van der Waals surface area (Å²) in [5.41, 5.74) is 1.32. The number of carbonyl (C=O) groups excluding carboxylic acids is 2. The lowest BCUT2D eigenvalue weighted by Crippen LogP contribution is -2.49. The summed E-state index contributed by atoms with van der Waals surface area (Å²) in [6.07, 6.45) is 2.39. The van der Waals surface area contributed by atoms with Crippen molar-refractivity contribution in [2.45, 2.75) is 31.4 Å². The van der Waals surface area contributed by atoms with E-state index in [1.165, 1.54) is 28.0 Å². The van der Waals surface area contributed by atoms with E-state index >= 15 is 0 Å². The standard InChI is InChI=1S/C28H29FN2O4S/c29-21-7-4-6-20(16-21)28(33)30(17-23-10-5-14-34-23)18-27(32)31-13-11-26-24(12-15-36-26)25(31)19-35-22-8-2-1-3-9-22/h1-4,6-9,12,15-16,23,25H,5,10-11,13-14,17-19H2/t23-,25-/m1/s1. The van der Waals surface area contributed by atoms with Crippen molar-refractivity contribution in [2.75, 3.05) is 32.8 Å². The van der Waals surface area contributed by atoms with E-state index in [9.17, 15) is 14.0 Å². The van der Waals surface area contributed by atoms with Gasteiger partial charge in [0, 0.05) is 30.1 Å². The molecule has 0 unspecified atom stereocenters. The van der Waals surface area contributed by atoms with Crippen LogP contribution in [0.15, 0.2) is 66.0 Å². The average molecular weight is 509 g/mol. The van der Waals surface area contributed by atoms with Gasteiger partial charge in [0.25, 0.3) is 5.91 Å². The number of hydrogen-bond acceptors (Lipinski definition) is 5. The highest BCUT2D eigenvalue weighted by Gasteiger charge is 2.34. The fourth-order valence-corrected chi connectivity index (χ4v) is 5.81. The van der Waals surface area contributed by atoms with Gasteiger partial charge in [-0.2, -0.15) is 0 Å². The van der Waals surface area contributed by atoms with Crippen molar-refractivity contribution in [3.8, 4) is 5.75 Å². The molecule has 2 aliphatic rings. The molecule has 0 N–H and O–H groups in total. The zero-order valence-electron chi connectivity index (χ0n) is 20.0. The number of amides is 2. The van der Waals surface area contributed by atoms with Gasteiger partial charge in [-0.1, -0.05) is 24.3 Å². The molecule has 0 bridgehead atoms. The van der Waals surface area contributed by atoms with Gasteiger partial charge in [0.2, 0.25) is 5.91 Å². The molecule has 2 aliphatic heterocycles. The number of halogens is 1. The monoisotopic (exact) mass is 508 g/mol. The quantitative estimate of drug-likeness (QED) is 0.442. The fraction of sp³-hybridized carbons (Fsp3) is 0.357. The van der Waals surface area contributed by atoms with Crippen LogP contribution in [-0.2, 0) is 16.0 Å². The second kappa shape index (κ2) is 11.2. The molecule has 3 heterocycles. The maximum atomic E-state index is 13.9. The van der Waals surface area contributed by atoms with E-state index in [1.807, 2.05) is 40.6 Å². The van der Waals surface area contributed by atoms with E-state index in [0.29, 0.717) is 26.3 Å². The minimum absolute atomic E-state index is 0.101. The van der Waals surface area contributed by atoms with Crippen LogP contribution in [0.3, 0.4) is 0 Å². The SMILES string of the molecule is O=C(c1cccc(F)c1)N(CC(=O)N1CCc2sccc2[C@H]1COc1ccccc1)C[C@H]1CCCO1. The van der Waals surface area contributed by atoms with E-state index < -0.39 is 5.82 Å². The largest absolute Gasteiger partial charge is 0.491 e. The summed E-state index contributed by atoms with van der Waals surface area (Å²) in [6, 6.07) is 16.9. The summed E-state index contributed by atoms with van der Waals surface area (Å²) < 4.78 is 25.7. The lowest BCUT2D eigenvalue weighted by molar-refractivity contribution is -0.135. The van der Waals surface area contributed by atoms with Crippen molar-refractivity contribution in [3.63, 3.8) is 0 Å². The molecule has 1 aromatic heterocycles. The summed E-state index contributed by atoms with van der Waals surface area (Å²) in [7, 11) is 0. The Labute approximate surface area is 214 Å². The third-order valence-corrected chi connectivity index (χ3v) is 7.70. The molecule has 3 aromatic rings. The molecule has 0 aliphatic carbocycles. The van der Waals surface area contributed by atoms with Crippen LogP contribution >= 0.6 is 11.3 Å². The maximum Gasteiger partial charge on any atom is 0.254 e. The predicted molar refractivity (Wildman–Crippen MR) is 136 cm³/mol. The van der Waals surface area contributed by atoms with Crippen LogP contribution in [0.25, 0.3) is 0 Å². The lowest BCUT2D eigenvalue weighted by Gasteiger charge is -2.37. The minimum Gasteiger partial charge on any atom is -0.491 e. The number of carbonyl (C=O) groups is 2. The highest BCUT2D eigenvalue weighted by atomic mass is 32.1. The molecule has 6 nitrogen and oxygen atoms in total. The highest BCUT2D eigenvalue weighted by Crippen LogP contribution is 2.34. The van der Waals surface area contributed by atoms with Crippen molar-refractivity contribution in [3.05, 3.63) is 87.9 Å². The molecule has 0 radical (unpaired) electrons. The van der Waals surface area contributed by atoms with Crippen molar-refractivity contribution >= 4 is 23.2 Å². The predicted octanol–water partition coefficient (Wildman–Crippen LogP) is 4.71. The van der Waals surface area contributed by atoms with E-state index in [-0.39, 0.29) is 36.1 Å². The van der Waals surface area contributed by atoms with Gasteiger partial charge in [0.15, 0.2) is 0 Å². The van der Waals surface area contributed by atoms with Crippen LogP contribution < -0.4 is 4.74 Å². The summed E-state index contributed by atoms with van der Waals surface area (Å²) in [5.74, 6) is -0.267. The molecule has 2 aromatic carbocycles. The Morgan fingerprint density at radius 1 is 1.14 bits per heavy atom. The van der Waals surface area contributed by atoms with Gasteiger partial charge in [-0.3, -0.25) is 9.59 Å². The fourth-order valence-electron chi connectivity index (χ4n) is 4.88. The van der Waals surface area contributed by atoms with E-state index in [2.05, 4.69) is 6.07 Å². The normalized spacial score (nSPS) is 19.1. The first-order valence-corrected chi connectivity index (χ1v) is 13.2. The van der Waals surface area contributed by atoms with Crippen molar-refractivity contribution in [1.82, 2.24) is 9.80 Å². The summed E-state index contributed by atoms with van der Waals surface area (Å²) in [4.78, 5) is 31.6. The van der Waals surface area contributed by atoms with Crippen LogP contribution in [0.2, 0.25) is 0 Å². The number of nitrogens with zero attached hydrogens (tertiary/aromatic N) is 2. The topological polar surface area (TPSA) is 59.1 Å². The smallest absolute Gasteiger partial charge is 0.254 e. The summed E-state index contributed by atoms with van der Waals surface area (Å²) in [6.45, 7) is 1.72. The number of rotatable bonds is 8. The van der Waals surface area contributed by atoms with Crippen LogP contribution in [0.4, 0.5) is 4.39 Å². The molecule has 0 spiro atoms. The molecule has 5 rings (SSSR count). The Morgan fingerprint density at radius 2 is 2.00 bits per heavy atom. The molecular formula is C28H29FN2O4S. The van der Waals surface area contributed by atoms with Crippen molar-refractivity contribution < 1.29 is 23.5 Å². The molecule has 188 valence electrons. The van der Waals surface area contributed by atoms with E-state index in [1.54, 1.807) is 17.4 Å². The first-order valence-electron chi connectivity index (χ1n) is 12.3. The Balaban J connectivity index is 1.35. The van der Waals surface area contributed by atoms with Gasteiger partial charge >= 0.3 is 0 Å². The van der Waals surface area contributed by atoms with Gasteiger partial charge < -0.3 is 19.3 Å². The minimum atomic E-state index is -0.483. The average Bonchev–Trinajstić information content (AvgIpc) is 3.59. The number of para-hydroxylation sites is 1. The third-order valence-electron chi connectivity index (χ3n) is 6.70. The van der Waals surface area contributed by atoms with Crippen LogP contribution in [0.1, 0.15) is 39.7 Å². The Morgan fingerprint density at radius 3 is 2.78 bits per heavy atom.